The second-order valence-electron chi connectivity index (χ2n) is 38.4. The maximum absolute atomic E-state index is 7.48. The number of rotatable bonds is 45. The standard InChI is InChI=1S/C22H44O5Si7.C20H50O5Si6.C16H24O2Si3.C12H32O3Si4.C12H26O3Si4/c1-28(2)23-33(24-29(3)4,21-17-13-11-14-18-21)26-32(9,10)27-34(31(7)8,25-30(5)6)22-19-15-12-16-20-22;1-26(2)21-30(22-27(3)4,19-15-11-9-12-16-19)25-31(23-28(5)6,24-29(7)8)20-17-13-10-14-18-20;1-19(2)17-21(18-20(3)4,15-11-7-5-8-12-15)16-13-9-6-10-14-16;2*1-16(2)13-19(14-17(3)4,15-18(5)6)12-10-8-7-9-11-12/h11-20,28-31H,1-10H3;19-20,26-29H,9-18H2,1-8H3;5-14,19-20H,1-4H3;12,16-18H,7-11H2,1-6H3;7-11,16-18H,1-6H3. The molecule has 1 unspecified atom stereocenters. The lowest BCUT2D eigenvalue weighted by atomic mass is 10.0. The Morgan fingerprint density at radius 1 is 0.202 bits per heavy atom. The summed E-state index contributed by atoms with van der Waals surface area (Å²) in [6, 6.07) is 52.3. The summed E-state index contributed by atoms with van der Waals surface area (Å²) in [5.74, 6) is 0. The highest BCUT2D eigenvalue weighted by Gasteiger charge is 2.62. The molecule has 0 heterocycles. The predicted octanol–water partition coefficient (Wildman–Crippen LogP) is 16.4. The van der Waals surface area contributed by atoms with E-state index in [1.54, 1.807) is 0 Å². The van der Waals surface area contributed by atoms with Crippen molar-refractivity contribution < 1.29 is 74.1 Å². The van der Waals surface area contributed by atoms with Gasteiger partial charge >= 0.3 is 69.2 Å². The van der Waals surface area contributed by atoms with Gasteiger partial charge < -0.3 is 74.1 Å². The second-order valence-corrected chi connectivity index (χ2v) is 111. The number of hydrogen-bond donors (Lipinski definition) is 0. The summed E-state index contributed by atoms with van der Waals surface area (Å²) in [6.07, 6.45) is 19.0. The Morgan fingerprint density at radius 2 is 0.411 bits per heavy atom. The molecular weight excluding hydrogens is 1950 g/mol. The summed E-state index contributed by atoms with van der Waals surface area (Å²) < 4.78 is 122. The van der Waals surface area contributed by atoms with Gasteiger partial charge in [-0.15, -0.1) is 0 Å². The molecule has 3 fully saturated rings. The van der Waals surface area contributed by atoms with Crippen LogP contribution in [-0.4, -0.2) is 213 Å². The van der Waals surface area contributed by atoms with Gasteiger partial charge in [0.15, 0.2) is 136 Å². The monoisotopic (exact) mass is 2120 g/mol. The molecule has 0 bridgehead atoms. The summed E-state index contributed by atoms with van der Waals surface area (Å²) in [7, 11) is -42.6. The minimum absolute atomic E-state index is 0.427. The van der Waals surface area contributed by atoms with Crippen molar-refractivity contribution in [1.29, 1.82) is 0 Å². The molecule has 3 aliphatic rings. The van der Waals surface area contributed by atoms with Gasteiger partial charge in [0.1, 0.15) is 0 Å². The van der Waals surface area contributed by atoms with Crippen LogP contribution in [0.5, 0.6) is 0 Å². The summed E-state index contributed by atoms with van der Waals surface area (Å²) >= 11 is 0. The van der Waals surface area contributed by atoms with Crippen molar-refractivity contribution >= 4 is 239 Å². The Bertz CT molecular complexity index is 3410. The van der Waals surface area contributed by atoms with E-state index in [0.29, 0.717) is 16.6 Å². The minimum atomic E-state index is -3.16. The molecule has 42 heteroatoms. The zero-order chi connectivity index (χ0) is 92.9. The van der Waals surface area contributed by atoms with Crippen molar-refractivity contribution in [2.75, 3.05) is 0 Å². The highest BCUT2D eigenvalue weighted by atomic mass is 29.3. The van der Waals surface area contributed by atoms with Crippen LogP contribution < -0.4 is 25.9 Å². The van der Waals surface area contributed by atoms with Crippen LogP contribution in [0.4, 0.5) is 0 Å². The third kappa shape index (κ3) is 40.5. The molecule has 0 aliphatic heterocycles. The predicted molar refractivity (Wildman–Crippen MR) is 590 cm³/mol. The summed E-state index contributed by atoms with van der Waals surface area (Å²) in [5, 5.41) is 5.83. The minimum Gasteiger partial charge on any atom is -0.439 e. The molecule has 5 aromatic rings. The van der Waals surface area contributed by atoms with Gasteiger partial charge in [-0.2, -0.15) is 0 Å². The second kappa shape index (κ2) is 58.2. The Morgan fingerprint density at radius 3 is 0.653 bits per heavy atom. The van der Waals surface area contributed by atoms with Crippen LogP contribution in [0.3, 0.4) is 0 Å². The molecule has 8 rings (SSSR count). The van der Waals surface area contributed by atoms with Crippen LogP contribution >= 0.6 is 0 Å². The van der Waals surface area contributed by atoms with Gasteiger partial charge in [-0.3, -0.25) is 0 Å². The van der Waals surface area contributed by atoms with E-state index in [9.17, 15) is 0 Å². The first-order valence-electron chi connectivity index (χ1n) is 47.7. The zero-order valence-corrected chi connectivity index (χ0v) is 110. The van der Waals surface area contributed by atoms with Crippen molar-refractivity contribution in [2.24, 2.45) is 0 Å². The first-order chi connectivity index (χ1) is 58.2. The molecule has 708 valence electrons. The van der Waals surface area contributed by atoms with Crippen molar-refractivity contribution in [2.45, 2.75) is 336 Å². The lowest BCUT2D eigenvalue weighted by molar-refractivity contribution is 0.150. The average Bonchev–Trinajstić information content (AvgIpc) is 0.759. The van der Waals surface area contributed by atoms with Crippen molar-refractivity contribution in [3.8, 4) is 0 Å². The van der Waals surface area contributed by atoms with Crippen LogP contribution in [0.1, 0.15) is 96.3 Å². The zero-order valence-electron chi connectivity index (χ0n) is 83.9. The molecule has 124 heavy (non-hydrogen) atoms. The number of hydrogen-bond acceptors (Lipinski definition) is 18. The Labute approximate surface area is 793 Å². The topological polar surface area (TPSA) is 166 Å². The van der Waals surface area contributed by atoms with E-state index in [1.165, 1.54) is 112 Å². The van der Waals surface area contributed by atoms with Gasteiger partial charge in [0.05, 0.1) is 8.31 Å². The fourth-order valence-corrected chi connectivity index (χ4v) is 109. The van der Waals surface area contributed by atoms with E-state index in [4.69, 9.17) is 74.1 Å². The summed E-state index contributed by atoms with van der Waals surface area (Å²) in [4.78, 5) is 0. The fraction of sp³-hybridized carbons (Fsp3) is 0.634. The van der Waals surface area contributed by atoms with Crippen molar-refractivity contribution in [3.63, 3.8) is 0 Å². The fourth-order valence-electron chi connectivity index (χ4n) is 16.3. The Hall–Kier alpha value is 0.585. The molecule has 5 aromatic carbocycles. The molecule has 3 aliphatic carbocycles. The molecule has 0 aromatic heterocycles. The van der Waals surface area contributed by atoms with E-state index >= 15 is 0 Å². The van der Waals surface area contributed by atoms with Gasteiger partial charge in [0.25, 0.3) is 0 Å². The summed E-state index contributed by atoms with van der Waals surface area (Å²) in [6.45, 7) is 75.9. The molecule has 3 saturated carbocycles. The highest BCUT2D eigenvalue weighted by Crippen LogP contribution is 2.47. The van der Waals surface area contributed by atoms with Gasteiger partial charge in [-0.05, 0) is 264 Å². The van der Waals surface area contributed by atoms with E-state index in [2.05, 4.69) is 326 Å². The van der Waals surface area contributed by atoms with Crippen LogP contribution in [0, 0.1) is 0 Å². The van der Waals surface area contributed by atoms with Gasteiger partial charge in [-0.25, -0.2) is 0 Å². The quantitative estimate of drug-likeness (QED) is 0.0337. The first kappa shape index (κ1) is 117. The summed E-state index contributed by atoms with van der Waals surface area (Å²) in [5.41, 5.74) is 1.44. The molecule has 0 N–H and O–H groups in total. The Balaban J connectivity index is 0.000000332. The van der Waals surface area contributed by atoms with E-state index in [-0.39, 0.29) is 0 Å². The van der Waals surface area contributed by atoms with E-state index < -0.39 is 213 Å². The maximum atomic E-state index is 7.48. The largest absolute Gasteiger partial charge is 0.506 e. The molecular formula is C82H176O18Si24. The lowest BCUT2D eigenvalue weighted by Crippen LogP contribution is -2.72. The Kier molecular flexibility index (Phi) is 54.9. The smallest absolute Gasteiger partial charge is 0.439 e. The van der Waals surface area contributed by atoms with Gasteiger partial charge in [0.2, 0.25) is 0 Å². The highest BCUT2D eigenvalue weighted by molar-refractivity contribution is 7.34. The third-order valence-electron chi connectivity index (χ3n) is 19.8. The van der Waals surface area contributed by atoms with Crippen LogP contribution in [0.25, 0.3) is 0 Å². The normalized spacial score (nSPS) is 16.1. The van der Waals surface area contributed by atoms with Gasteiger partial charge in [0, 0.05) is 27.0 Å². The van der Waals surface area contributed by atoms with Crippen LogP contribution in [-0.2, 0) is 74.1 Å². The van der Waals surface area contributed by atoms with Crippen molar-refractivity contribution in [1.82, 2.24) is 0 Å². The number of benzene rings is 5. The molecule has 0 spiro atoms. The molecule has 18 nitrogen and oxygen atoms in total. The molecule has 0 amide bonds. The van der Waals surface area contributed by atoms with Gasteiger partial charge in [-0.1, -0.05) is 223 Å². The SMILES string of the molecule is C[SiH](C)O[Si](O[SiH](C)C)(O[SiH](C)C)C1CCCCC1.C[SiH](C)O[Si](O[SiH](C)C)(O[SiH](C)C)c1ccccc1.C[SiH](C)O[Si](O[SiH](C)C)(O[Si](C)(C)O[Si](O[SiH](C)C)(c1ccccc1)[SiH](C)C)c1ccccc1.C[SiH](C)O[Si](O[SiH](C)C)(O[Si](O[SiH](C)C)(O[SiH](C)C)C1CCCCC1)C1CCCCC1.C[SiH](C)O[Si](O[SiH](C)C)(c1ccccc1)c1ccccc1. The van der Waals surface area contributed by atoms with E-state index in [1.807, 2.05) is 48.5 Å². The third-order valence-corrected chi connectivity index (χ3v) is 95.6. The van der Waals surface area contributed by atoms with Crippen molar-refractivity contribution in [3.05, 3.63) is 152 Å². The van der Waals surface area contributed by atoms with Crippen LogP contribution in [0.2, 0.25) is 239 Å². The molecule has 0 saturated heterocycles. The average molecular weight is 2120 g/mol. The maximum Gasteiger partial charge on any atom is 0.506 e. The lowest BCUT2D eigenvalue weighted by Gasteiger charge is -2.49. The molecule has 0 radical (unpaired) electrons. The molecule has 1 atom stereocenters. The van der Waals surface area contributed by atoms with E-state index in [0.717, 1.165) is 10.4 Å². The first-order valence-corrected chi connectivity index (χ1v) is 109. The van der Waals surface area contributed by atoms with Crippen LogP contribution in [0.15, 0.2) is 152 Å².